The van der Waals surface area contributed by atoms with Crippen molar-refractivity contribution in [3.05, 3.63) is 52.0 Å². The number of rotatable bonds is 6. The summed E-state index contributed by atoms with van der Waals surface area (Å²) in [5, 5.41) is 11.4. The minimum absolute atomic E-state index is 0.0537. The lowest BCUT2D eigenvalue weighted by molar-refractivity contribution is -0.384. The molecule has 0 saturated heterocycles. The summed E-state index contributed by atoms with van der Waals surface area (Å²) in [6, 6.07) is 4.13. The van der Waals surface area contributed by atoms with Gasteiger partial charge in [0, 0.05) is 18.5 Å². The van der Waals surface area contributed by atoms with Crippen LogP contribution in [0.4, 0.5) is 5.69 Å². The highest BCUT2D eigenvalue weighted by Crippen LogP contribution is 2.37. The van der Waals surface area contributed by atoms with Gasteiger partial charge in [0.25, 0.3) is 0 Å². The molecule has 0 aromatic carbocycles. The number of hydrogen-bond donors (Lipinski definition) is 0. The van der Waals surface area contributed by atoms with E-state index in [0.717, 1.165) is 18.7 Å². The lowest BCUT2D eigenvalue weighted by Crippen LogP contribution is -2.15. The summed E-state index contributed by atoms with van der Waals surface area (Å²) in [6.07, 6.45) is 3.66. The number of hydrogen-bond acceptors (Lipinski definition) is 7. The molecule has 0 N–H and O–H groups in total. The topological polar surface area (TPSA) is 114 Å². The molecule has 0 amide bonds. The Labute approximate surface area is 148 Å². The number of carbonyl (C=O) groups is 2. The molecule has 2 heterocycles. The molecule has 2 aromatic rings. The molecule has 1 aliphatic rings. The second-order valence-electron chi connectivity index (χ2n) is 6.15. The molecule has 2 aromatic heterocycles. The fourth-order valence-electron chi connectivity index (χ4n) is 2.62. The van der Waals surface area contributed by atoms with Crippen molar-refractivity contribution in [3.8, 4) is 5.82 Å². The third kappa shape index (κ3) is 3.41. The van der Waals surface area contributed by atoms with Crippen molar-refractivity contribution in [2.24, 2.45) is 11.8 Å². The molecule has 9 heteroatoms. The van der Waals surface area contributed by atoms with Crippen LogP contribution in [0.15, 0.2) is 30.6 Å². The summed E-state index contributed by atoms with van der Waals surface area (Å²) in [7, 11) is 1.17. The Hall–Kier alpha value is -3.23. The van der Waals surface area contributed by atoms with E-state index in [1.807, 2.05) is 0 Å². The third-order valence-electron chi connectivity index (χ3n) is 4.36. The Balaban J connectivity index is 1.91. The molecule has 0 aliphatic heterocycles. The zero-order chi connectivity index (χ0) is 18.8. The quantitative estimate of drug-likeness (QED) is 0.442. The maximum absolute atomic E-state index is 12.3. The number of aromatic nitrogens is 2. The smallest absolute Gasteiger partial charge is 0.355 e. The van der Waals surface area contributed by atoms with E-state index in [2.05, 4.69) is 16.6 Å². The SMILES string of the molecule is COC(=O)c1cnc(-n2cccc2C(=O)OC[C@H]2CC2C)c([N+](=O)[O-])c1. The van der Waals surface area contributed by atoms with Gasteiger partial charge < -0.3 is 9.47 Å². The molecule has 1 saturated carbocycles. The molecule has 0 radical (unpaired) electrons. The fraction of sp³-hybridized carbons (Fsp3) is 0.353. The van der Waals surface area contributed by atoms with Gasteiger partial charge in [-0.15, -0.1) is 0 Å². The van der Waals surface area contributed by atoms with E-state index >= 15 is 0 Å². The summed E-state index contributed by atoms with van der Waals surface area (Å²) in [4.78, 5) is 38.6. The van der Waals surface area contributed by atoms with Crippen molar-refractivity contribution in [2.75, 3.05) is 13.7 Å². The molecule has 1 aliphatic carbocycles. The number of nitrogens with zero attached hydrogens (tertiary/aromatic N) is 3. The molecule has 136 valence electrons. The van der Waals surface area contributed by atoms with Crippen LogP contribution in [0.2, 0.25) is 0 Å². The lowest BCUT2D eigenvalue weighted by Gasteiger charge is -2.09. The summed E-state index contributed by atoms with van der Waals surface area (Å²) >= 11 is 0. The molecule has 26 heavy (non-hydrogen) atoms. The molecular weight excluding hydrogens is 342 g/mol. The van der Waals surface area contributed by atoms with Gasteiger partial charge in [-0.3, -0.25) is 14.7 Å². The van der Waals surface area contributed by atoms with Gasteiger partial charge in [0.15, 0.2) is 0 Å². The highest BCUT2D eigenvalue weighted by Gasteiger charge is 2.34. The number of nitro groups is 1. The first-order valence-electron chi connectivity index (χ1n) is 8.00. The molecule has 1 fully saturated rings. The van der Waals surface area contributed by atoms with Crippen LogP contribution in [-0.2, 0) is 9.47 Å². The molecule has 9 nitrogen and oxygen atoms in total. The maximum atomic E-state index is 12.3. The van der Waals surface area contributed by atoms with Gasteiger partial charge in [-0.2, -0.15) is 0 Å². The number of carbonyl (C=O) groups excluding carboxylic acids is 2. The molecule has 2 atom stereocenters. The van der Waals surface area contributed by atoms with E-state index in [-0.39, 0.29) is 17.1 Å². The van der Waals surface area contributed by atoms with Crippen molar-refractivity contribution in [1.82, 2.24) is 9.55 Å². The van der Waals surface area contributed by atoms with Crippen LogP contribution >= 0.6 is 0 Å². The molecule has 0 spiro atoms. The standard InChI is InChI=1S/C17H17N3O6/c1-10-6-12(10)9-26-17(22)13-4-3-5-19(13)15-14(20(23)24)7-11(8-18-15)16(21)25-2/h3-5,7-8,10,12H,6,9H2,1-2H3/t10?,12-/m1/s1. The number of ether oxygens (including phenoxy) is 2. The first-order valence-corrected chi connectivity index (χ1v) is 8.00. The lowest BCUT2D eigenvalue weighted by atomic mass is 10.2. The van der Waals surface area contributed by atoms with Crippen molar-refractivity contribution >= 4 is 17.6 Å². The largest absolute Gasteiger partial charge is 0.465 e. The van der Waals surface area contributed by atoms with Crippen LogP contribution < -0.4 is 0 Å². The molecule has 3 rings (SSSR count). The zero-order valence-electron chi connectivity index (χ0n) is 14.2. The van der Waals surface area contributed by atoms with Gasteiger partial charge in [0.1, 0.15) is 5.69 Å². The predicted molar refractivity (Wildman–Crippen MR) is 89.1 cm³/mol. The Morgan fingerprint density at radius 2 is 2.15 bits per heavy atom. The van der Waals surface area contributed by atoms with Crippen LogP contribution in [0.5, 0.6) is 0 Å². The van der Waals surface area contributed by atoms with E-state index in [0.29, 0.717) is 18.4 Å². The molecule has 1 unspecified atom stereocenters. The molecule has 0 bridgehead atoms. The highest BCUT2D eigenvalue weighted by molar-refractivity contribution is 5.91. The first kappa shape index (κ1) is 17.6. The van der Waals surface area contributed by atoms with E-state index in [4.69, 9.17) is 4.74 Å². The minimum Gasteiger partial charge on any atom is -0.465 e. The van der Waals surface area contributed by atoms with Crippen LogP contribution in [0.3, 0.4) is 0 Å². The van der Waals surface area contributed by atoms with Gasteiger partial charge in [0.2, 0.25) is 5.82 Å². The fourth-order valence-corrected chi connectivity index (χ4v) is 2.62. The Morgan fingerprint density at radius 3 is 2.77 bits per heavy atom. The Morgan fingerprint density at radius 1 is 1.42 bits per heavy atom. The Bertz CT molecular complexity index is 875. The van der Waals surface area contributed by atoms with Crippen molar-refractivity contribution in [1.29, 1.82) is 0 Å². The number of pyridine rings is 1. The van der Waals surface area contributed by atoms with Gasteiger partial charge in [-0.05, 0) is 30.4 Å². The average Bonchev–Trinajstić information content (AvgIpc) is 3.13. The summed E-state index contributed by atoms with van der Waals surface area (Å²) in [6.45, 7) is 2.40. The summed E-state index contributed by atoms with van der Waals surface area (Å²) in [5.74, 6) is -0.489. The summed E-state index contributed by atoms with van der Waals surface area (Å²) < 4.78 is 11.1. The van der Waals surface area contributed by atoms with Crippen LogP contribution in [0, 0.1) is 22.0 Å². The maximum Gasteiger partial charge on any atom is 0.355 e. The van der Waals surface area contributed by atoms with Crippen LogP contribution in [0.25, 0.3) is 5.82 Å². The molecular formula is C17H17N3O6. The van der Waals surface area contributed by atoms with Gasteiger partial charge in [-0.25, -0.2) is 14.6 Å². The van der Waals surface area contributed by atoms with E-state index in [9.17, 15) is 19.7 Å². The number of esters is 2. The normalized spacial score (nSPS) is 18.2. The highest BCUT2D eigenvalue weighted by atomic mass is 16.6. The van der Waals surface area contributed by atoms with Crippen molar-refractivity contribution in [2.45, 2.75) is 13.3 Å². The second kappa shape index (κ2) is 6.95. The van der Waals surface area contributed by atoms with Crippen LogP contribution in [0.1, 0.15) is 34.2 Å². The van der Waals surface area contributed by atoms with E-state index in [1.165, 1.54) is 23.9 Å². The van der Waals surface area contributed by atoms with Crippen molar-refractivity contribution in [3.63, 3.8) is 0 Å². The third-order valence-corrected chi connectivity index (χ3v) is 4.36. The summed E-state index contributed by atoms with van der Waals surface area (Å²) in [5.41, 5.74) is -0.351. The minimum atomic E-state index is -0.738. The predicted octanol–water partition coefficient (Wildman–Crippen LogP) is 2.38. The van der Waals surface area contributed by atoms with E-state index in [1.54, 1.807) is 6.07 Å². The van der Waals surface area contributed by atoms with Gasteiger partial charge in [0.05, 0.1) is 24.2 Å². The number of methoxy groups -OCH3 is 1. The van der Waals surface area contributed by atoms with Crippen LogP contribution in [-0.4, -0.2) is 40.1 Å². The van der Waals surface area contributed by atoms with Gasteiger partial charge in [-0.1, -0.05) is 6.92 Å². The monoisotopic (exact) mass is 359 g/mol. The van der Waals surface area contributed by atoms with E-state index < -0.39 is 22.5 Å². The van der Waals surface area contributed by atoms with Gasteiger partial charge >= 0.3 is 17.6 Å². The van der Waals surface area contributed by atoms with Crippen molar-refractivity contribution < 1.29 is 24.0 Å². The Kier molecular flexibility index (Phi) is 4.70. The zero-order valence-corrected chi connectivity index (χ0v) is 14.2. The first-order chi connectivity index (χ1) is 12.4. The second-order valence-corrected chi connectivity index (χ2v) is 6.15. The average molecular weight is 359 g/mol.